The van der Waals surface area contributed by atoms with E-state index in [0.29, 0.717) is 5.56 Å². The molecule has 0 saturated heterocycles. The summed E-state index contributed by atoms with van der Waals surface area (Å²) in [6.45, 7) is 2.07. The fourth-order valence-electron chi connectivity index (χ4n) is 1.77. The van der Waals surface area contributed by atoms with Crippen molar-refractivity contribution in [2.24, 2.45) is 0 Å². The average molecular weight is 283 g/mol. The van der Waals surface area contributed by atoms with Gasteiger partial charge in [-0.25, -0.2) is 4.79 Å². The zero-order valence-electron chi connectivity index (χ0n) is 11.8. The van der Waals surface area contributed by atoms with E-state index >= 15 is 0 Å². The van der Waals surface area contributed by atoms with Gasteiger partial charge >= 0.3 is 6.09 Å². The van der Waals surface area contributed by atoms with Gasteiger partial charge in [-0.15, -0.1) is 0 Å². The van der Waals surface area contributed by atoms with Gasteiger partial charge in [0.1, 0.15) is 6.61 Å². The first-order valence-corrected chi connectivity index (χ1v) is 6.69. The molecule has 0 aliphatic heterocycles. The summed E-state index contributed by atoms with van der Waals surface area (Å²) in [5.41, 5.74) is 2.56. The van der Waals surface area contributed by atoms with Crippen LogP contribution in [0.4, 0.5) is 4.79 Å². The number of carbonyl (C=O) groups is 2. The van der Waals surface area contributed by atoms with Gasteiger partial charge in [-0.3, -0.25) is 4.79 Å². The highest BCUT2D eigenvalue weighted by Gasteiger charge is 2.08. The van der Waals surface area contributed by atoms with Gasteiger partial charge in [-0.05, 0) is 12.5 Å². The van der Waals surface area contributed by atoms with E-state index in [1.54, 1.807) is 12.1 Å². The number of ketones is 1. The van der Waals surface area contributed by atoms with Crippen LogP contribution >= 0.6 is 0 Å². The third kappa shape index (κ3) is 4.76. The molecule has 0 fully saturated rings. The van der Waals surface area contributed by atoms with Gasteiger partial charge in [0.05, 0.1) is 6.54 Å². The molecule has 4 nitrogen and oxygen atoms in total. The minimum absolute atomic E-state index is 0.0727. The standard InChI is InChI=1S/C17H17NO3/c1-13-7-9-15(10-8-13)16(19)11-18-17(20)21-12-14-5-3-2-4-6-14/h2-10H,11-12H2,1H3,(H,18,20). The summed E-state index contributed by atoms with van der Waals surface area (Å²) in [4.78, 5) is 23.4. The maximum absolute atomic E-state index is 11.9. The Kier molecular flexibility index (Phi) is 5.10. The molecule has 1 N–H and O–H groups in total. The molecule has 0 atom stereocenters. The van der Waals surface area contributed by atoms with Gasteiger partial charge < -0.3 is 10.1 Å². The van der Waals surface area contributed by atoms with Gasteiger partial charge in [0.2, 0.25) is 0 Å². The van der Waals surface area contributed by atoms with Gasteiger partial charge in [0.15, 0.2) is 5.78 Å². The molecule has 108 valence electrons. The van der Waals surface area contributed by atoms with E-state index in [1.165, 1.54) is 0 Å². The molecule has 0 unspecified atom stereocenters. The van der Waals surface area contributed by atoms with Crippen LogP contribution in [0, 0.1) is 6.92 Å². The van der Waals surface area contributed by atoms with Crippen molar-refractivity contribution in [1.82, 2.24) is 5.32 Å². The minimum atomic E-state index is -0.598. The maximum Gasteiger partial charge on any atom is 0.407 e. The van der Waals surface area contributed by atoms with E-state index in [1.807, 2.05) is 49.4 Å². The monoisotopic (exact) mass is 283 g/mol. The summed E-state index contributed by atoms with van der Waals surface area (Å²) in [6.07, 6.45) is -0.598. The molecular weight excluding hydrogens is 266 g/mol. The number of amides is 1. The average Bonchev–Trinajstić information content (AvgIpc) is 2.52. The Bertz CT molecular complexity index is 606. The Hall–Kier alpha value is -2.62. The predicted octanol–water partition coefficient (Wildman–Crippen LogP) is 3.10. The van der Waals surface area contributed by atoms with Crippen LogP contribution in [-0.2, 0) is 11.3 Å². The number of hydrogen-bond donors (Lipinski definition) is 1. The zero-order chi connectivity index (χ0) is 15.1. The number of hydrogen-bond acceptors (Lipinski definition) is 3. The molecule has 0 radical (unpaired) electrons. The molecule has 2 rings (SSSR count). The van der Waals surface area contributed by atoms with E-state index in [0.717, 1.165) is 11.1 Å². The van der Waals surface area contributed by atoms with E-state index in [9.17, 15) is 9.59 Å². The van der Waals surface area contributed by atoms with Crippen LogP contribution in [0.3, 0.4) is 0 Å². The number of benzene rings is 2. The van der Waals surface area contributed by atoms with Crippen molar-refractivity contribution in [2.75, 3.05) is 6.54 Å². The second-order valence-electron chi connectivity index (χ2n) is 4.70. The highest BCUT2D eigenvalue weighted by atomic mass is 16.5. The first kappa shape index (κ1) is 14.8. The Balaban J connectivity index is 1.76. The summed E-state index contributed by atoms with van der Waals surface area (Å²) in [6, 6.07) is 16.6. The Morgan fingerprint density at radius 3 is 2.33 bits per heavy atom. The molecule has 21 heavy (non-hydrogen) atoms. The lowest BCUT2D eigenvalue weighted by Crippen LogP contribution is -2.30. The van der Waals surface area contributed by atoms with Gasteiger partial charge in [0.25, 0.3) is 0 Å². The number of rotatable bonds is 5. The van der Waals surface area contributed by atoms with Crippen molar-refractivity contribution >= 4 is 11.9 Å². The molecule has 2 aromatic rings. The summed E-state index contributed by atoms with van der Waals surface area (Å²) < 4.78 is 5.03. The minimum Gasteiger partial charge on any atom is -0.445 e. The fourth-order valence-corrected chi connectivity index (χ4v) is 1.77. The van der Waals surface area contributed by atoms with Crippen LogP contribution in [-0.4, -0.2) is 18.4 Å². The zero-order valence-corrected chi connectivity index (χ0v) is 11.8. The molecule has 1 amide bonds. The lowest BCUT2D eigenvalue weighted by atomic mass is 10.1. The molecule has 0 spiro atoms. The van der Waals surface area contributed by atoms with Crippen molar-refractivity contribution in [3.05, 3.63) is 71.3 Å². The van der Waals surface area contributed by atoms with E-state index in [2.05, 4.69) is 5.32 Å². The highest BCUT2D eigenvalue weighted by molar-refractivity contribution is 5.98. The quantitative estimate of drug-likeness (QED) is 0.858. The third-order valence-corrected chi connectivity index (χ3v) is 2.98. The SMILES string of the molecule is Cc1ccc(C(=O)CNC(=O)OCc2ccccc2)cc1. The van der Waals surface area contributed by atoms with E-state index in [4.69, 9.17) is 4.74 Å². The van der Waals surface area contributed by atoms with Crippen molar-refractivity contribution in [3.63, 3.8) is 0 Å². The molecular formula is C17H17NO3. The topological polar surface area (TPSA) is 55.4 Å². The summed E-state index contributed by atoms with van der Waals surface area (Å²) in [5, 5.41) is 2.46. The second-order valence-corrected chi connectivity index (χ2v) is 4.70. The third-order valence-electron chi connectivity index (χ3n) is 2.98. The lowest BCUT2D eigenvalue weighted by molar-refractivity contribution is 0.0974. The Morgan fingerprint density at radius 2 is 1.67 bits per heavy atom. The summed E-state index contributed by atoms with van der Waals surface area (Å²) >= 11 is 0. The maximum atomic E-state index is 11.9. The van der Waals surface area contributed by atoms with Crippen molar-refractivity contribution in [1.29, 1.82) is 0 Å². The molecule has 4 heteroatoms. The number of aryl methyl sites for hydroxylation is 1. The van der Waals surface area contributed by atoms with Gasteiger partial charge in [-0.1, -0.05) is 60.2 Å². The number of nitrogens with one attached hydrogen (secondary N) is 1. The van der Waals surface area contributed by atoms with Crippen LogP contribution in [0.25, 0.3) is 0 Å². The largest absolute Gasteiger partial charge is 0.445 e. The van der Waals surface area contributed by atoms with Crippen LogP contribution in [0.2, 0.25) is 0 Å². The first-order chi connectivity index (χ1) is 10.1. The molecule has 2 aromatic carbocycles. The van der Waals surface area contributed by atoms with E-state index in [-0.39, 0.29) is 18.9 Å². The molecule has 0 aromatic heterocycles. The second kappa shape index (κ2) is 7.24. The smallest absolute Gasteiger partial charge is 0.407 e. The molecule has 0 heterocycles. The van der Waals surface area contributed by atoms with Crippen LogP contribution in [0.1, 0.15) is 21.5 Å². The first-order valence-electron chi connectivity index (χ1n) is 6.69. The van der Waals surface area contributed by atoms with Crippen LogP contribution in [0.5, 0.6) is 0 Å². The predicted molar refractivity (Wildman–Crippen MR) is 80.1 cm³/mol. The van der Waals surface area contributed by atoms with Crippen LogP contribution < -0.4 is 5.32 Å². The molecule has 0 saturated carbocycles. The van der Waals surface area contributed by atoms with Gasteiger partial charge in [0, 0.05) is 5.56 Å². The van der Waals surface area contributed by atoms with Crippen molar-refractivity contribution in [3.8, 4) is 0 Å². The molecule has 0 aliphatic rings. The number of ether oxygens (including phenoxy) is 1. The number of carbonyl (C=O) groups excluding carboxylic acids is 2. The normalized spacial score (nSPS) is 9.95. The fraction of sp³-hybridized carbons (Fsp3) is 0.176. The summed E-state index contributed by atoms with van der Waals surface area (Å²) in [7, 11) is 0. The summed E-state index contributed by atoms with van der Waals surface area (Å²) in [5.74, 6) is -0.147. The Morgan fingerprint density at radius 1 is 1.00 bits per heavy atom. The van der Waals surface area contributed by atoms with Crippen molar-refractivity contribution < 1.29 is 14.3 Å². The number of Topliss-reactive ketones (excluding diaryl/α,β-unsaturated/α-hetero) is 1. The lowest BCUT2D eigenvalue weighted by Gasteiger charge is -2.07. The van der Waals surface area contributed by atoms with Crippen molar-refractivity contribution in [2.45, 2.75) is 13.5 Å². The van der Waals surface area contributed by atoms with Gasteiger partial charge in [-0.2, -0.15) is 0 Å². The Labute approximate surface area is 123 Å². The highest BCUT2D eigenvalue weighted by Crippen LogP contribution is 2.04. The number of alkyl carbamates (subject to hydrolysis) is 1. The molecule has 0 aliphatic carbocycles. The molecule has 0 bridgehead atoms. The van der Waals surface area contributed by atoms with Crippen LogP contribution in [0.15, 0.2) is 54.6 Å². The van der Waals surface area contributed by atoms with E-state index < -0.39 is 6.09 Å².